The van der Waals surface area contributed by atoms with Crippen LogP contribution in [0.15, 0.2) is 85.3 Å². The van der Waals surface area contributed by atoms with Gasteiger partial charge in [0.1, 0.15) is 11.5 Å². The summed E-state index contributed by atoms with van der Waals surface area (Å²) in [5.74, 6) is 1.41. The maximum Gasteiger partial charge on any atom is 0.162 e. The molecule has 0 aliphatic heterocycles. The first-order valence-corrected chi connectivity index (χ1v) is 9.69. The van der Waals surface area contributed by atoms with E-state index in [2.05, 4.69) is 20.6 Å². The average molecular weight is 393 g/mol. The SMILES string of the molecule is CC(Nc1nc(-c2ccncc2)nc2ccccc12)c1cn(-c2ccccc2)nn1. The highest BCUT2D eigenvalue weighted by atomic mass is 15.4. The zero-order valence-electron chi connectivity index (χ0n) is 16.3. The van der Waals surface area contributed by atoms with E-state index in [1.807, 2.05) is 79.9 Å². The lowest BCUT2D eigenvalue weighted by Gasteiger charge is -2.15. The van der Waals surface area contributed by atoms with E-state index >= 15 is 0 Å². The van der Waals surface area contributed by atoms with E-state index in [0.717, 1.165) is 33.7 Å². The molecule has 1 N–H and O–H groups in total. The molecule has 0 aliphatic rings. The van der Waals surface area contributed by atoms with Crippen molar-refractivity contribution >= 4 is 16.7 Å². The van der Waals surface area contributed by atoms with Gasteiger partial charge >= 0.3 is 0 Å². The molecule has 146 valence electrons. The maximum absolute atomic E-state index is 4.80. The molecular formula is C23H19N7. The van der Waals surface area contributed by atoms with Crippen LogP contribution in [-0.4, -0.2) is 29.9 Å². The van der Waals surface area contributed by atoms with E-state index in [-0.39, 0.29) is 6.04 Å². The molecule has 2 aromatic carbocycles. The monoisotopic (exact) mass is 393 g/mol. The molecule has 0 bridgehead atoms. The Bertz CT molecular complexity index is 1280. The average Bonchev–Trinajstić information content (AvgIpc) is 3.31. The Morgan fingerprint density at radius 2 is 1.63 bits per heavy atom. The number of hydrogen-bond donors (Lipinski definition) is 1. The minimum Gasteiger partial charge on any atom is -0.361 e. The lowest BCUT2D eigenvalue weighted by molar-refractivity contribution is 0.780. The Hall–Kier alpha value is -4.13. The third-order valence-corrected chi connectivity index (χ3v) is 4.87. The van der Waals surface area contributed by atoms with Gasteiger partial charge in [-0.2, -0.15) is 0 Å². The summed E-state index contributed by atoms with van der Waals surface area (Å²) in [7, 11) is 0. The molecule has 0 saturated heterocycles. The normalized spacial score (nSPS) is 12.0. The van der Waals surface area contributed by atoms with E-state index in [0.29, 0.717) is 5.82 Å². The van der Waals surface area contributed by atoms with Crippen LogP contribution in [0.25, 0.3) is 28.0 Å². The van der Waals surface area contributed by atoms with Crippen molar-refractivity contribution in [2.75, 3.05) is 5.32 Å². The van der Waals surface area contributed by atoms with Crippen LogP contribution in [0, 0.1) is 0 Å². The van der Waals surface area contributed by atoms with Gasteiger partial charge in [0.2, 0.25) is 0 Å². The van der Waals surface area contributed by atoms with Gasteiger partial charge < -0.3 is 5.32 Å². The molecule has 5 aromatic rings. The van der Waals surface area contributed by atoms with E-state index in [1.54, 1.807) is 17.1 Å². The Labute approximate surface area is 173 Å². The van der Waals surface area contributed by atoms with Crippen molar-refractivity contribution in [2.24, 2.45) is 0 Å². The van der Waals surface area contributed by atoms with Crippen molar-refractivity contribution in [3.8, 4) is 17.1 Å². The van der Waals surface area contributed by atoms with Gasteiger partial charge in [0.15, 0.2) is 5.82 Å². The van der Waals surface area contributed by atoms with Gasteiger partial charge in [0.05, 0.1) is 23.4 Å². The number of nitrogens with zero attached hydrogens (tertiary/aromatic N) is 6. The summed E-state index contributed by atoms with van der Waals surface area (Å²) >= 11 is 0. The van der Waals surface area contributed by atoms with E-state index < -0.39 is 0 Å². The first kappa shape index (κ1) is 17.9. The number of fused-ring (bicyclic) bond motifs is 1. The number of pyridine rings is 1. The molecule has 3 heterocycles. The minimum absolute atomic E-state index is 0.0916. The van der Waals surface area contributed by atoms with Crippen LogP contribution in [0.1, 0.15) is 18.7 Å². The molecular weight excluding hydrogens is 374 g/mol. The van der Waals surface area contributed by atoms with Crippen molar-refractivity contribution in [3.05, 3.63) is 91.0 Å². The molecule has 0 saturated carbocycles. The van der Waals surface area contributed by atoms with Crippen molar-refractivity contribution in [1.82, 2.24) is 29.9 Å². The summed E-state index contributed by atoms with van der Waals surface area (Å²) in [5.41, 5.74) is 3.59. The van der Waals surface area contributed by atoms with Crippen molar-refractivity contribution < 1.29 is 0 Å². The molecule has 1 unspecified atom stereocenters. The minimum atomic E-state index is -0.0916. The molecule has 0 fully saturated rings. The number of para-hydroxylation sites is 2. The lowest BCUT2D eigenvalue weighted by Crippen LogP contribution is -2.10. The van der Waals surface area contributed by atoms with Gasteiger partial charge in [0.25, 0.3) is 0 Å². The van der Waals surface area contributed by atoms with Gasteiger partial charge in [0, 0.05) is 23.3 Å². The van der Waals surface area contributed by atoms with Crippen LogP contribution in [0.2, 0.25) is 0 Å². The van der Waals surface area contributed by atoms with Crippen LogP contribution in [-0.2, 0) is 0 Å². The fraction of sp³-hybridized carbons (Fsp3) is 0.0870. The topological polar surface area (TPSA) is 81.4 Å². The molecule has 7 nitrogen and oxygen atoms in total. The van der Waals surface area contributed by atoms with Gasteiger partial charge in [-0.15, -0.1) is 5.10 Å². The van der Waals surface area contributed by atoms with Crippen LogP contribution >= 0.6 is 0 Å². The highest BCUT2D eigenvalue weighted by molar-refractivity contribution is 5.90. The quantitative estimate of drug-likeness (QED) is 0.475. The molecule has 7 heteroatoms. The number of benzene rings is 2. The van der Waals surface area contributed by atoms with Gasteiger partial charge in [-0.3, -0.25) is 4.98 Å². The predicted molar refractivity (Wildman–Crippen MR) is 116 cm³/mol. The first-order valence-electron chi connectivity index (χ1n) is 9.69. The second kappa shape index (κ2) is 7.71. The highest BCUT2D eigenvalue weighted by Gasteiger charge is 2.15. The molecule has 30 heavy (non-hydrogen) atoms. The molecule has 0 radical (unpaired) electrons. The highest BCUT2D eigenvalue weighted by Crippen LogP contribution is 2.27. The Morgan fingerprint density at radius 1 is 0.867 bits per heavy atom. The summed E-state index contributed by atoms with van der Waals surface area (Å²) in [6.45, 7) is 2.04. The summed E-state index contributed by atoms with van der Waals surface area (Å²) in [4.78, 5) is 13.6. The standard InChI is InChI=1S/C23H19N7/c1-16(21-15-30(29-28-21)18-7-3-2-4-8-18)25-23-19-9-5-6-10-20(19)26-22(27-23)17-11-13-24-14-12-17/h2-16H,1H3,(H,25,26,27). The molecule has 1 atom stereocenters. The summed E-state index contributed by atoms with van der Waals surface area (Å²) in [6.07, 6.45) is 5.41. The molecule has 0 aliphatic carbocycles. The largest absolute Gasteiger partial charge is 0.361 e. The van der Waals surface area contributed by atoms with Crippen LogP contribution < -0.4 is 5.32 Å². The van der Waals surface area contributed by atoms with Crippen LogP contribution in [0.4, 0.5) is 5.82 Å². The van der Waals surface area contributed by atoms with E-state index in [4.69, 9.17) is 9.97 Å². The number of rotatable bonds is 5. The fourth-order valence-electron chi connectivity index (χ4n) is 3.28. The summed E-state index contributed by atoms with van der Waals surface area (Å²) < 4.78 is 1.77. The number of aromatic nitrogens is 6. The van der Waals surface area contributed by atoms with E-state index in [9.17, 15) is 0 Å². The zero-order valence-corrected chi connectivity index (χ0v) is 16.3. The number of anilines is 1. The third-order valence-electron chi connectivity index (χ3n) is 4.87. The first-order chi connectivity index (χ1) is 14.8. The zero-order chi connectivity index (χ0) is 20.3. The van der Waals surface area contributed by atoms with E-state index in [1.165, 1.54) is 0 Å². The molecule has 5 rings (SSSR count). The van der Waals surface area contributed by atoms with Crippen LogP contribution in [0.5, 0.6) is 0 Å². The summed E-state index contributed by atoms with van der Waals surface area (Å²) in [5, 5.41) is 13.1. The van der Waals surface area contributed by atoms with Crippen molar-refractivity contribution in [1.29, 1.82) is 0 Å². The number of nitrogens with one attached hydrogen (secondary N) is 1. The molecule has 3 aromatic heterocycles. The lowest BCUT2D eigenvalue weighted by atomic mass is 10.2. The van der Waals surface area contributed by atoms with Crippen molar-refractivity contribution in [3.63, 3.8) is 0 Å². The Kier molecular flexibility index (Phi) is 4.61. The van der Waals surface area contributed by atoms with Gasteiger partial charge in [-0.25, -0.2) is 14.6 Å². The van der Waals surface area contributed by atoms with Crippen LogP contribution in [0.3, 0.4) is 0 Å². The third kappa shape index (κ3) is 3.48. The van der Waals surface area contributed by atoms with Crippen molar-refractivity contribution in [2.45, 2.75) is 13.0 Å². The Balaban J connectivity index is 1.50. The summed E-state index contributed by atoms with van der Waals surface area (Å²) in [6, 6.07) is 21.6. The maximum atomic E-state index is 4.80. The smallest absolute Gasteiger partial charge is 0.162 e. The Morgan fingerprint density at radius 3 is 2.47 bits per heavy atom. The predicted octanol–water partition coefficient (Wildman–Crippen LogP) is 4.45. The number of hydrogen-bond acceptors (Lipinski definition) is 6. The fourth-order valence-corrected chi connectivity index (χ4v) is 3.28. The molecule has 0 spiro atoms. The molecule has 0 amide bonds. The van der Waals surface area contributed by atoms with Gasteiger partial charge in [-0.1, -0.05) is 35.5 Å². The van der Waals surface area contributed by atoms with Gasteiger partial charge in [-0.05, 0) is 43.3 Å². The second-order valence-electron chi connectivity index (χ2n) is 6.94. The second-order valence-corrected chi connectivity index (χ2v) is 6.94.